The maximum absolute atomic E-state index is 11.8. The topological polar surface area (TPSA) is 49.3 Å². The van der Waals surface area contributed by atoms with Crippen molar-refractivity contribution in [3.05, 3.63) is 42.7 Å². The van der Waals surface area contributed by atoms with Crippen LogP contribution < -0.4 is 5.32 Å². The van der Waals surface area contributed by atoms with Crippen LogP contribution in [0.4, 0.5) is 0 Å². The lowest BCUT2D eigenvalue weighted by atomic mass is 10.3. The van der Waals surface area contributed by atoms with E-state index in [0.29, 0.717) is 12.1 Å². The minimum Gasteiger partial charge on any atom is -0.384 e. The van der Waals surface area contributed by atoms with Crippen molar-refractivity contribution in [1.82, 2.24) is 5.32 Å². The predicted molar refractivity (Wildman–Crippen MR) is 81.5 cm³/mol. The average Bonchev–Trinajstić information content (AvgIpc) is 3.02. The van der Waals surface area contributed by atoms with Gasteiger partial charge >= 0.3 is 0 Å². The molecule has 0 fully saturated rings. The molecular weight excluding hydrogens is 346 g/mol. The summed E-state index contributed by atoms with van der Waals surface area (Å²) in [7, 11) is 0. The van der Waals surface area contributed by atoms with Gasteiger partial charge in [0.25, 0.3) is 5.91 Å². The molecule has 98 valence electrons. The third kappa shape index (κ3) is 4.18. The minimum atomic E-state index is -0.144. The zero-order valence-electron chi connectivity index (χ0n) is 9.77. The SMILES string of the molecule is O=C(NCc1cc(C#CCO)cs1)c1csc(Br)c1. The molecule has 0 aliphatic rings. The number of nitrogens with one attached hydrogen (secondary N) is 1. The Labute approximate surface area is 127 Å². The molecule has 2 aromatic rings. The number of halogens is 1. The molecule has 3 nitrogen and oxygen atoms in total. The van der Waals surface area contributed by atoms with E-state index in [-0.39, 0.29) is 12.5 Å². The Morgan fingerprint density at radius 1 is 1.37 bits per heavy atom. The van der Waals surface area contributed by atoms with Gasteiger partial charge in [0.05, 0.1) is 15.9 Å². The van der Waals surface area contributed by atoms with Gasteiger partial charge in [-0.1, -0.05) is 11.8 Å². The molecule has 1 amide bonds. The second-order valence-electron chi connectivity index (χ2n) is 3.58. The Kier molecular flexibility index (Phi) is 5.16. The van der Waals surface area contributed by atoms with Crippen molar-refractivity contribution in [1.29, 1.82) is 0 Å². The molecule has 2 heterocycles. The van der Waals surface area contributed by atoms with E-state index in [1.165, 1.54) is 22.7 Å². The highest BCUT2D eigenvalue weighted by Crippen LogP contribution is 2.20. The Morgan fingerprint density at radius 2 is 2.21 bits per heavy atom. The number of aliphatic hydroxyl groups is 1. The fourth-order valence-corrected chi connectivity index (χ4v) is 3.27. The first-order valence-corrected chi connectivity index (χ1v) is 7.93. The lowest BCUT2D eigenvalue weighted by Crippen LogP contribution is -2.21. The van der Waals surface area contributed by atoms with E-state index in [2.05, 4.69) is 33.1 Å². The molecule has 0 saturated carbocycles. The van der Waals surface area contributed by atoms with Crippen molar-refractivity contribution in [3.8, 4) is 11.8 Å². The van der Waals surface area contributed by atoms with Crippen LogP contribution in [-0.4, -0.2) is 17.6 Å². The van der Waals surface area contributed by atoms with Crippen molar-refractivity contribution < 1.29 is 9.90 Å². The predicted octanol–water partition coefficient (Wildman–Crippen LogP) is 2.85. The summed E-state index contributed by atoms with van der Waals surface area (Å²) < 4.78 is 0.940. The van der Waals surface area contributed by atoms with E-state index in [1.54, 1.807) is 6.07 Å². The van der Waals surface area contributed by atoms with Gasteiger partial charge in [-0.3, -0.25) is 4.79 Å². The second kappa shape index (κ2) is 6.87. The molecule has 0 atom stereocenters. The van der Waals surface area contributed by atoms with Gasteiger partial charge in [0.15, 0.2) is 0 Å². The summed E-state index contributed by atoms with van der Waals surface area (Å²) in [4.78, 5) is 12.9. The van der Waals surface area contributed by atoms with Crippen molar-refractivity contribution in [2.24, 2.45) is 0 Å². The van der Waals surface area contributed by atoms with Gasteiger partial charge < -0.3 is 10.4 Å². The van der Waals surface area contributed by atoms with E-state index >= 15 is 0 Å². The Bertz CT molecular complexity index is 636. The van der Waals surface area contributed by atoms with Gasteiger partial charge in [-0.05, 0) is 28.1 Å². The molecule has 0 saturated heterocycles. The first-order valence-electron chi connectivity index (χ1n) is 5.38. The van der Waals surface area contributed by atoms with Crippen LogP contribution in [0.15, 0.2) is 26.7 Å². The largest absolute Gasteiger partial charge is 0.384 e. The van der Waals surface area contributed by atoms with Gasteiger partial charge in [0.1, 0.15) is 6.61 Å². The number of carbonyl (C=O) groups is 1. The molecule has 0 radical (unpaired) electrons. The summed E-state index contributed by atoms with van der Waals surface area (Å²) in [6, 6.07) is 3.71. The number of rotatable bonds is 3. The summed E-state index contributed by atoms with van der Waals surface area (Å²) in [5.74, 6) is 5.34. The fraction of sp³-hybridized carbons (Fsp3) is 0.154. The van der Waals surface area contributed by atoms with E-state index in [0.717, 1.165) is 14.2 Å². The van der Waals surface area contributed by atoms with E-state index in [1.807, 2.05) is 16.8 Å². The number of carbonyl (C=O) groups excluding carboxylic acids is 1. The van der Waals surface area contributed by atoms with Crippen LogP contribution in [0.2, 0.25) is 0 Å². The van der Waals surface area contributed by atoms with Gasteiger partial charge in [-0.25, -0.2) is 0 Å². The van der Waals surface area contributed by atoms with Crippen molar-refractivity contribution in [2.75, 3.05) is 6.61 Å². The highest BCUT2D eigenvalue weighted by molar-refractivity contribution is 9.11. The van der Waals surface area contributed by atoms with Crippen LogP contribution >= 0.6 is 38.6 Å². The summed E-state index contributed by atoms with van der Waals surface area (Å²) in [6.07, 6.45) is 0. The molecule has 0 bridgehead atoms. The molecule has 2 N–H and O–H groups in total. The maximum atomic E-state index is 11.8. The van der Waals surface area contributed by atoms with Crippen LogP contribution in [0, 0.1) is 11.8 Å². The Balaban J connectivity index is 1.92. The Morgan fingerprint density at radius 3 is 2.89 bits per heavy atom. The summed E-state index contributed by atoms with van der Waals surface area (Å²) in [6.45, 7) is 0.340. The Hall–Kier alpha value is -1.13. The normalized spacial score (nSPS) is 9.79. The zero-order chi connectivity index (χ0) is 13.7. The molecule has 0 aliphatic carbocycles. The van der Waals surface area contributed by atoms with Crippen LogP contribution in [0.1, 0.15) is 20.8 Å². The van der Waals surface area contributed by atoms with E-state index in [9.17, 15) is 4.79 Å². The third-order valence-electron chi connectivity index (χ3n) is 2.22. The molecule has 0 aliphatic heterocycles. The molecule has 2 aromatic heterocycles. The van der Waals surface area contributed by atoms with Crippen LogP contribution in [0.5, 0.6) is 0 Å². The first kappa shape index (κ1) is 14.3. The molecule has 0 unspecified atom stereocenters. The van der Waals surface area contributed by atoms with Crippen LogP contribution in [0.25, 0.3) is 0 Å². The third-order valence-corrected chi connectivity index (χ3v) is 4.66. The standard InChI is InChI=1S/C13H10BrNO2S2/c14-12-5-10(8-19-12)13(17)15-6-11-4-9(7-18-11)2-1-3-16/h4-5,7-8,16H,3,6H2,(H,15,17). The van der Waals surface area contributed by atoms with Crippen molar-refractivity contribution in [2.45, 2.75) is 6.54 Å². The minimum absolute atomic E-state index is 0.0849. The number of hydrogen-bond donors (Lipinski definition) is 2. The highest BCUT2D eigenvalue weighted by Gasteiger charge is 2.08. The average molecular weight is 356 g/mol. The number of amides is 1. The maximum Gasteiger partial charge on any atom is 0.252 e. The van der Waals surface area contributed by atoms with E-state index < -0.39 is 0 Å². The molecule has 0 aromatic carbocycles. The second-order valence-corrected chi connectivity index (χ2v) is 6.87. The molecular formula is C13H10BrNO2S2. The van der Waals surface area contributed by atoms with Gasteiger partial charge in [-0.15, -0.1) is 22.7 Å². The molecule has 19 heavy (non-hydrogen) atoms. The molecule has 2 rings (SSSR count). The summed E-state index contributed by atoms with van der Waals surface area (Å²) in [5, 5.41) is 15.2. The zero-order valence-corrected chi connectivity index (χ0v) is 13.0. The highest BCUT2D eigenvalue weighted by atomic mass is 79.9. The van der Waals surface area contributed by atoms with Gasteiger partial charge in [-0.2, -0.15) is 0 Å². The lowest BCUT2D eigenvalue weighted by molar-refractivity contribution is 0.0951. The fourth-order valence-electron chi connectivity index (χ4n) is 1.38. The van der Waals surface area contributed by atoms with E-state index in [4.69, 9.17) is 5.11 Å². The quantitative estimate of drug-likeness (QED) is 0.831. The smallest absolute Gasteiger partial charge is 0.252 e. The number of thiophene rings is 2. The monoisotopic (exact) mass is 355 g/mol. The first-order chi connectivity index (χ1) is 9.19. The molecule has 6 heteroatoms. The van der Waals surface area contributed by atoms with Crippen molar-refractivity contribution >= 4 is 44.5 Å². The number of hydrogen-bond acceptors (Lipinski definition) is 4. The van der Waals surface area contributed by atoms with Crippen molar-refractivity contribution in [3.63, 3.8) is 0 Å². The summed E-state index contributed by atoms with van der Waals surface area (Å²) in [5.41, 5.74) is 1.52. The van der Waals surface area contributed by atoms with Gasteiger partial charge in [0, 0.05) is 21.2 Å². The van der Waals surface area contributed by atoms with Gasteiger partial charge in [0.2, 0.25) is 0 Å². The molecule has 0 spiro atoms. The lowest BCUT2D eigenvalue weighted by Gasteiger charge is -2.00. The number of aliphatic hydroxyl groups excluding tert-OH is 1. The van der Waals surface area contributed by atoms with Crippen LogP contribution in [0.3, 0.4) is 0 Å². The van der Waals surface area contributed by atoms with Crippen LogP contribution in [-0.2, 0) is 6.54 Å². The summed E-state index contributed by atoms with van der Waals surface area (Å²) >= 11 is 6.35.